The Kier molecular flexibility index (Phi) is 12.1. The SMILES string of the molecule is CCON(C(=O)Nc1ccc2[nH]cc(C3CCN(CC(C)(C)C)CC3)c2n1)c1ccccc1.O=C(O)C#CCCC(=O)O. The average Bonchev–Trinajstić information content (AvgIpc) is 3.37. The van der Waals surface area contributed by atoms with Gasteiger partial charge in [0.2, 0.25) is 0 Å². The molecule has 230 valence electrons. The van der Waals surface area contributed by atoms with Gasteiger partial charge < -0.3 is 20.1 Å². The zero-order chi connectivity index (χ0) is 31.4. The van der Waals surface area contributed by atoms with Crippen LogP contribution in [0, 0.1) is 17.3 Å². The quantitative estimate of drug-likeness (QED) is 0.192. The number of hydroxylamine groups is 1. The van der Waals surface area contributed by atoms with Crippen molar-refractivity contribution in [2.75, 3.05) is 36.6 Å². The molecule has 4 N–H and O–H groups in total. The van der Waals surface area contributed by atoms with Gasteiger partial charge in [-0.3, -0.25) is 14.9 Å². The molecule has 1 aliphatic rings. The van der Waals surface area contributed by atoms with Crippen LogP contribution in [0.5, 0.6) is 0 Å². The molecule has 0 atom stereocenters. The molecule has 0 radical (unpaired) electrons. The van der Waals surface area contributed by atoms with Crippen LogP contribution < -0.4 is 10.4 Å². The first-order valence-corrected chi connectivity index (χ1v) is 14.4. The third kappa shape index (κ3) is 10.7. The van der Waals surface area contributed by atoms with Gasteiger partial charge >= 0.3 is 18.0 Å². The van der Waals surface area contributed by atoms with Gasteiger partial charge in [-0.1, -0.05) is 44.9 Å². The number of rotatable bonds is 8. The van der Waals surface area contributed by atoms with Crippen LogP contribution in [-0.2, 0) is 14.4 Å². The Morgan fingerprint density at radius 3 is 2.42 bits per heavy atom. The van der Waals surface area contributed by atoms with Crippen LogP contribution in [0.25, 0.3) is 11.0 Å². The second-order valence-electron chi connectivity index (χ2n) is 11.4. The molecule has 0 spiro atoms. The lowest BCUT2D eigenvalue weighted by atomic mass is 9.88. The summed E-state index contributed by atoms with van der Waals surface area (Å²) >= 11 is 0. The molecule has 0 unspecified atom stereocenters. The Hall–Kier alpha value is -4.40. The Labute approximate surface area is 252 Å². The molecule has 3 heterocycles. The average molecular weight is 592 g/mol. The number of carbonyl (C=O) groups is 3. The van der Waals surface area contributed by atoms with Gasteiger partial charge in [0.05, 0.1) is 29.7 Å². The van der Waals surface area contributed by atoms with Crippen LogP contribution in [0.15, 0.2) is 48.7 Å². The highest BCUT2D eigenvalue weighted by Gasteiger charge is 2.26. The number of benzene rings is 1. The van der Waals surface area contributed by atoms with E-state index in [1.165, 1.54) is 10.6 Å². The molecule has 1 aromatic carbocycles. The highest BCUT2D eigenvalue weighted by atomic mass is 16.7. The molecule has 1 aliphatic heterocycles. The fourth-order valence-electron chi connectivity index (χ4n) is 4.88. The minimum Gasteiger partial charge on any atom is -0.481 e. The third-order valence-corrected chi connectivity index (χ3v) is 6.60. The first-order valence-electron chi connectivity index (χ1n) is 14.4. The lowest BCUT2D eigenvalue weighted by Gasteiger charge is -2.35. The predicted octanol–water partition coefficient (Wildman–Crippen LogP) is 5.72. The number of H-pyrrole nitrogens is 1. The maximum absolute atomic E-state index is 13.0. The van der Waals surface area contributed by atoms with Gasteiger partial charge in [-0.15, -0.1) is 0 Å². The van der Waals surface area contributed by atoms with Crippen molar-refractivity contribution in [3.63, 3.8) is 0 Å². The van der Waals surface area contributed by atoms with Gasteiger partial charge in [0.15, 0.2) is 0 Å². The van der Waals surface area contributed by atoms with E-state index in [-0.39, 0.29) is 18.9 Å². The Balaban J connectivity index is 0.000000436. The van der Waals surface area contributed by atoms with Crippen molar-refractivity contribution >= 4 is 40.5 Å². The van der Waals surface area contributed by atoms with E-state index in [0.717, 1.165) is 43.5 Å². The molecule has 1 saturated heterocycles. The molecule has 0 saturated carbocycles. The summed E-state index contributed by atoms with van der Waals surface area (Å²) in [4.78, 5) is 48.8. The summed E-state index contributed by atoms with van der Waals surface area (Å²) in [7, 11) is 0. The van der Waals surface area contributed by atoms with Crippen molar-refractivity contribution in [2.45, 2.75) is 59.3 Å². The highest BCUT2D eigenvalue weighted by Crippen LogP contribution is 2.34. The summed E-state index contributed by atoms with van der Waals surface area (Å²) in [5.74, 6) is 2.77. The first kappa shape index (κ1) is 33.1. The summed E-state index contributed by atoms with van der Waals surface area (Å²) in [5.41, 5.74) is 4.15. The maximum Gasteiger partial charge on any atom is 0.381 e. The van der Waals surface area contributed by atoms with Crippen molar-refractivity contribution in [3.05, 3.63) is 54.2 Å². The molecule has 43 heavy (non-hydrogen) atoms. The monoisotopic (exact) mass is 591 g/mol. The summed E-state index contributed by atoms with van der Waals surface area (Å²) in [6.45, 7) is 12.4. The largest absolute Gasteiger partial charge is 0.481 e. The standard InChI is InChI=1S/C26H35N5O2.C6H6O4/c1-5-33-31(20-9-7-6-8-10-20)25(32)29-23-12-11-22-24(28-23)21(17-27-22)19-13-15-30(16-14-19)18-26(2,3)4;7-5(8)3-1-2-4-6(9)10/h6-12,17,19,27H,5,13-16,18H2,1-4H3,(H,28,29,32);1,3H2,(H,7,8)(H,9,10). The number of piperidine rings is 1. The molecule has 11 heteroatoms. The van der Waals surface area contributed by atoms with E-state index in [2.05, 4.69) is 48.1 Å². The first-order chi connectivity index (χ1) is 20.5. The minimum absolute atomic E-state index is 0.0850. The second-order valence-corrected chi connectivity index (χ2v) is 11.4. The number of nitrogens with one attached hydrogen (secondary N) is 2. The van der Waals surface area contributed by atoms with E-state index < -0.39 is 11.9 Å². The van der Waals surface area contributed by atoms with E-state index in [9.17, 15) is 14.4 Å². The van der Waals surface area contributed by atoms with Gasteiger partial charge in [0.25, 0.3) is 0 Å². The predicted molar refractivity (Wildman–Crippen MR) is 166 cm³/mol. The molecular weight excluding hydrogens is 550 g/mol. The lowest BCUT2D eigenvalue weighted by Crippen LogP contribution is -2.38. The number of pyridine rings is 1. The van der Waals surface area contributed by atoms with Crippen molar-refractivity contribution in [3.8, 4) is 11.8 Å². The van der Waals surface area contributed by atoms with Crippen molar-refractivity contribution in [1.29, 1.82) is 0 Å². The molecule has 1 fully saturated rings. The van der Waals surface area contributed by atoms with E-state index in [0.29, 0.717) is 29.4 Å². The number of fused-ring (bicyclic) bond motifs is 1. The van der Waals surface area contributed by atoms with E-state index in [1.54, 1.807) is 5.92 Å². The second kappa shape index (κ2) is 15.7. The Bertz CT molecular complexity index is 1430. The summed E-state index contributed by atoms with van der Waals surface area (Å²) < 4.78 is 0. The lowest BCUT2D eigenvalue weighted by molar-refractivity contribution is -0.137. The van der Waals surface area contributed by atoms with Crippen LogP contribution >= 0.6 is 0 Å². The number of nitrogens with zero attached hydrogens (tertiary/aromatic N) is 3. The van der Waals surface area contributed by atoms with E-state index in [4.69, 9.17) is 20.0 Å². The number of carbonyl (C=O) groups excluding carboxylic acids is 1. The third-order valence-electron chi connectivity index (χ3n) is 6.60. The molecule has 0 aliphatic carbocycles. The fourth-order valence-corrected chi connectivity index (χ4v) is 4.88. The number of carboxylic acid groups (broad SMARTS) is 2. The van der Waals surface area contributed by atoms with Crippen molar-refractivity contribution < 1.29 is 29.4 Å². The normalized spacial score (nSPS) is 13.8. The molecule has 11 nitrogen and oxygen atoms in total. The number of para-hydroxylation sites is 1. The summed E-state index contributed by atoms with van der Waals surface area (Å²) in [6, 6.07) is 12.7. The van der Waals surface area contributed by atoms with Crippen molar-refractivity contribution in [2.24, 2.45) is 5.41 Å². The number of hydrogen-bond acceptors (Lipinski definition) is 6. The van der Waals surface area contributed by atoms with Crippen LogP contribution in [0.4, 0.5) is 16.3 Å². The van der Waals surface area contributed by atoms with Gasteiger partial charge in [0.1, 0.15) is 5.82 Å². The summed E-state index contributed by atoms with van der Waals surface area (Å²) in [6.07, 6.45) is 4.30. The number of amides is 2. The number of hydrogen-bond donors (Lipinski definition) is 4. The van der Waals surface area contributed by atoms with Crippen LogP contribution in [0.2, 0.25) is 0 Å². The molecular formula is C32H41N5O6. The number of urea groups is 1. The topological polar surface area (TPSA) is 148 Å². The molecule has 2 aromatic heterocycles. The van der Waals surface area contributed by atoms with E-state index in [1.807, 2.05) is 49.4 Å². The molecule has 0 bridgehead atoms. The number of aromatic amines is 1. The number of anilines is 2. The molecule has 4 rings (SSSR count). The van der Waals surface area contributed by atoms with Gasteiger partial charge in [-0.05, 0) is 74.0 Å². The number of likely N-dealkylation sites (tertiary alicyclic amines) is 1. The minimum atomic E-state index is -1.23. The van der Waals surface area contributed by atoms with Crippen LogP contribution in [-0.4, -0.2) is 69.3 Å². The number of aromatic nitrogens is 2. The zero-order valence-electron chi connectivity index (χ0n) is 25.2. The van der Waals surface area contributed by atoms with E-state index >= 15 is 0 Å². The zero-order valence-corrected chi connectivity index (χ0v) is 25.2. The maximum atomic E-state index is 13.0. The number of carboxylic acids is 2. The Morgan fingerprint density at radius 1 is 1.12 bits per heavy atom. The van der Waals surface area contributed by atoms with Crippen LogP contribution in [0.1, 0.15) is 64.9 Å². The molecule has 3 aromatic rings. The Morgan fingerprint density at radius 2 is 1.81 bits per heavy atom. The van der Waals surface area contributed by atoms with Gasteiger partial charge in [0, 0.05) is 25.1 Å². The van der Waals surface area contributed by atoms with Gasteiger partial charge in [-0.25, -0.2) is 14.6 Å². The van der Waals surface area contributed by atoms with Crippen LogP contribution in [0.3, 0.4) is 0 Å². The number of aliphatic carboxylic acids is 2. The van der Waals surface area contributed by atoms with Gasteiger partial charge in [-0.2, -0.15) is 5.06 Å². The highest BCUT2D eigenvalue weighted by molar-refractivity contribution is 6.00. The smallest absolute Gasteiger partial charge is 0.381 e. The summed E-state index contributed by atoms with van der Waals surface area (Å²) in [5, 5.41) is 20.2. The fraction of sp³-hybridized carbons (Fsp3) is 0.438. The molecule has 2 amide bonds. The van der Waals surface area contributed by atoms with Crippen molar-refractivity contribution in [1.82, 2.24) is 14.9 Å².